The number of amides is 1. The molecule has 1 amide bonds. The first-order valence-electron chi connectivity index (χ1n) is 10.2. The van der Waals surface area contributed by atoms with E-state index in [-0.39, 0.29) is 0 Å². The van der Waals surface area contributed by atoms with Crippen LogP contribution in [0.5, 0.6) is 0 Å². The van der Waals surface area contributed by atoms with Crippen molar-refractivity contribution in [2.75, 3.05) is 44.2 Å². The summed E-state index contributed by atoms with van der Waals surface area (Å²) in [5.41, 5.74) is 4.09. The zero-order valence-corrected chi connectivity index (χ0v) is 16.0. The van der Waals surface area contributed by atoms with E-state index in [1.807, 2.05) is 0 Å². The van der Waals surface area contributed by atoms with Crippen LogP contribution >= 0.6 is 0 Å². The van der Waals surface area contributed by atoms with Crippen molar-refractivity contribution in [1.29, 1.82) is 0 Å². The van der Waals surface area contributed by atoms with Gasteiger partial charge in [-0.3, -0.25) is 9.69 Å². The highest BCUT2D eigenvalue weighted by atomic mass is 16.2. The molecule has 0 spiro atoms. The van der Waals surface area contributed by atoms with Crippen LogP contribution in [-0.2, 0) is 17.8 Å². The first kappa shape index (κ1) is 18.1. The van der Waals surface area contributed by atoms with E-state index in [1.54, 1.807) is 0 Å². The van der Waals surface area contributed by atoms with Crippen molar-refractivity contribution in [3.8, 4) is 0 Å². The molecular weight excluding hydrogens is 334 g/mol. The van der Waals surface area contributed by atoms with Crippen molar-refractivity contribution in [3.05, 3.63) is 65.7 Å². The predicted molar refractivity (Wildman–Crippen MR) is 110 cm³/mol. The Morgan fingerprint density at radius 2 is 1.59 bits per heavy atom. The second-order valence-corrected chi connectivity index (χ2v) is 7.61. The van der Waals surface area contributed by atoms with E-state index in [2.05, 4.69) is 69.3 Å². The van der Waals surface area contributed by atoms with Crippen LogP contribution in [0.2, 0.25) is 0 Å². The highest BCUT2D eigenvalue weighted by Gasteiger charge is 2.22. The average Bonchev–Trinajstić information content (AvgIpc) is 2.73. The monoisotopic (exact) mass is 363 g/mol. The molecule has 0 N–H and O–H groups in total. The van der Waals surface area contributed by atoms with Crippen LogP contribution in [0.3, 0.4) is 0 Å². The summed E-state index contributed by atoms with van der Waals surface area (Å²) >= 11 is 0. The first-order valence-corrected chi connectivity index (χ1v) is 10.2. The van der Waals surface area contributed by atoms with E-state index < -0.39 is 0 Å². The number of hydrogen-bond donors (Lipinski definition) is 0. The molecule has 142 valence electrons. The fourth-order valence-electron chi connectivity index (χ4n) is 4.23. The van der Waals surface area contributed by atoms with Crippen molar-refractivity contribution in [3.63, 3.8) is 0 Å². The minimum absolute atomic E-state index is 0.303. The summed E-state index contributed by atoms with van der Waals surface area (Å²) in [5, 5.41) is 0. The van der Waals surface area contributed by atoms with Crippen LogP contribution in [0.25, 0.3) is 0 Å². The van der Waals surface area contributed by atoms with Gasteiger partial charge in [-0.25, -0.2) is 0 Å². The Hall–Kier alpha value is -2.33. The Labute approximate surface area is 162 Å². The molecule has 2 heterocycles. The van der Waals surface area contributed by atoms with Crippen LogP contribution < -0.4 is 4.90 Å². The molecule has 2 aromatic rings. The third-order valence-electron chi connectivity index (χ3n) is 5.78. The molecule has 4 rings (SSSR count). The summed E-state index contributed by atoms with van der Waals surface area (Å²) in [6.45, 7) is 6.51. The highest BCUT2D eigenvalue weighted by molar-refractivity contribution is 5.77. The Balaban J connectivity index is 1.24. The fourth-order valence-corrected chi connectivity index (χ4v) is 4.23. The molecule has 1 fully saturated rings. The molecule has 2 aliphatic heterocycles. The molecule has 0 atom stereocenters. The summed E-state index contributed by atoms with van der Waals surface area (Å²) in [6.07, 6.45) is 2.96. The molecule has 0 bridgehead atoms. The van der Waals surface area contributed by atoms with E-state index in [9.17, 15) is 4.79 Å². The number of nitrogens with zero attached hydrogens (tertiary/aromatic N) is 3. The van der Waals surface area contributed by atoms with Crippen molar-refractivity contribution in [1.82, 2.24) is 9.80 Å². The number of carbonyl (C=O) groups is 1. The van der Waals surface area contributed by atoms with Gasteiger partial charge in [0.25, 0.3) is 0 Å². The van der Waals surface area contributed by atoms with Crippen LogP contribution in [0.15, 0.2) is 54.6 Å². The summed E-state index contributed by atoms with van der Waals surface area (Å²) in [6, 6.07) is 19.2. The second kappa shape index (κ2) is 8.57. The maximum atomic E-state index is 12.7. The lowest BCUT2D eigenvalue weighted by Crippen LogP contribution is -2.48. The van der Waals surface area contributed by atoms with E-state index in [4.69, 9.17) is 0 Å². The lowest BCUT2D eigenvalue weighted by atomic mass is 10.0. The van der Waals surface area contributed by atoms with Gasteiger partial charge in [0.2, 0.25) is 5.91 Å². The standard InChI is InChI=1S/C23H29N3O/c27-23(12-14-25-13-6-10-21-9-4-5-11-22(21)25)26-17-15-24(16-18-26)19-20-7-2-1-3-8-20/h1-5,7-9,11H,6,10,12-19H2. The van der Waals surface area contributed by atoms with Crippen LogP contribution in [0.4, 0.5) is 5.69 Å². The molecule has 2 aliphatic rings. The number of piperazine rings is 1. The lowest BCUT2D eigenvalue weighted by molar-refractivity contribution is -0.132. The number of rotatable bonds is 5. The summed E-state index contributed by atoms with van der Waals surface area (Å²) in [4.78, 5) is 19.6. The van der Waals surface area contributed by atoms with E-state index >= 15 is 0 Å². The van der Waals surface area contributed by atoms with Crippen molar-refractivity contribution in [2.45, 2.75) is 25.8 Å². The highest BCUT2D eigenvalue weighted by Crippen LogP contribution is 2.26. The number of fused-ring (bicyclic) bond motifs is 1. The van der Waals surface area contributed by atoms with Gasteiger partial charge >= 0.3 is 0 Å². The number of hydrogen-bond acceptors (Lipinski definition) is 3. The first-order chi connectivity index (χ1) is 13.3. The van der Waals surface area contributed by atoms with Gasteiger partial charge in [-0.15, -0.1) is 0 Å². The third kappa shape index (κ3) is 4.51. The quantitative estimate of drug-likeness (QED) is 0.816. The molecule has 0 aromatic heterocycles. The van der Waals surface area contributed by atoms with Gasteiger partial charge in [-0.1, -0.05) is 48.5 Å². The van der Waals surface area contributed by atoms with Crippen LogP contribution in [0.1, 0.15) is 24.0 Å². The Morgan fingerprint density at radius 1 is 0.852 bits per heavy atom. The molecule has 4 nitrogen and oxygen atoms in total. The smallest absolute Gasteiger partial charge is 0.224 e. The number of carbonyl (C=O) groups excluding carboxylic acids is 1. The number of para-hydroxylation sites is 1. The topological polar surface area (TPSA) is 26.8 Å². The molecule has 2 aromatic carbocycles. The predicted octanol–water partition coefficient (Wildman–Crippen LogP) is 3.17. The summed E-state index contributed by atoms with van der Waals surface area (Å²) < 4.78 is 0. The van der Waals surface area contributed by atoms with E-state index in [1.165, 1.54) is 23.2 Å². The van der Waals surface area contributed by atoms with E-state index in [0.717, 1.165) is 52.2 Å². The van der Waals surface area contributed by atoms with Gasteiger partial charge < -0.3 is 9.80 Å². The Bertz CT molecular complexity index is 753. The van der Waals surface area contributed by atoms with Crippen molar-refractivity contribution < 1.29 is 4.79 Å². The van der Waals surface area contributed by atoms with Crippen molar-refractivity contribution in [2.24, 2.45) is 0 Å². The number of aryl methyl sites for hydroxylation is 1. The largest absolute Gasteiger partial charge is 0.371 e. The fraction of sp³-hybridized carbons (Fsp3) is 0.435. The van der Waals surface area contributed by atoms with Gasteiger partial charge in [0, 0.05) is 57.9 Å². The maximum absolute atomic E-state index is 12.7. The lowest BCUT2D eigenvalue weighted by Gasteiger charge is -2.36. The van der Waals surface area contributed by atoms with Crippen LogP contribution in [0, 0.1) is 0 Å². The second-order valence-electron chi connectivity index (χ2n) is 7.61. The van der Waals surface area contributed by atoms with Gasteiger partial charge in [-0.05, 0) is 30.0 Å². The molecule has 0 unspecified atom stereocenters. The average molecular weight is 364 g/mol. The molecule has 1 saturated heterocycles. The van der Waals surface area contributed by atoms with Gasteiger partial charge in [0.15, 0.2) is 0 Å². The van der Waals surface area contributed by atoms with E-state index in [0.29, 0.717) is 12.3 Å². The maximum Gasteiger partial charge on any atom is 0.224 e. The molecule has 0 aliphatic carbocycles. The zero-order chi connectivity index (χ0) is 18.5. The zero-order valence-electron chi connectivity index (χ0n) is 16.0. The van der Waals surface area contributed by atoms with Crippen molar-refractivity contribution >= 4 is 11.6 Å². The normalized spacial score (nSPS) is 17.6. The van der Waals surface area contributed by atoms with Gasteiger partial charge in [0.1, 0.15) is 0 Å². The molecule has 0 radical (unpaired) electrons. The minimum atomic E-state index is 0.303. The van der Waals surface area contributed by atoms with Gasteiger partial charge in [0.05, 0.1) is 0 Å². The van der Waals surface area contributed by atoms with Gasteiger partial charge in [-0.2, -0.15) is 0 Å². The molecular formula is C23H29N3O. The molecule has 4 heteroatoms. The third-order valence-corrected chi connectivity index (χ3v) is 5.78. The Kier molecular flexibility index (Phi) is 5.73. The SMILES string of the molecule is O=C(CCN1CCCc2ccccc21)N1CCN(Cc2ccccc2)CC1. The number of benzene rings is 2. The summed E-state index contributed by atoms with van der Waals surface area (Å²) in [7, 11) is 0. The van der Waals surface area contributed by atoms with Crippen LogP contribution in [-0.4, -0.2) is 55.0 Å². The Morgan fingerprint density at radius 3 is 2.41 bits per heavy atom. The minimum Gasteiger partial charge on any atom is -0.371 e. The number of anilines is 1. The molecule has 0 saturated carbocycles. The molecule has 27 heavy (non-hydrogen) atoms. The summed E-state index contributed by atoms with van der Waals surface area (Å²) in [5.74, 6) is 0.303.